The first-order chi connectivity index (χ1) is 13.3. The fourth-order valence-corrected chi connectivity index (χ4v) is 2.18. The summed E-state index contributed by atoms with van der Waals surface area (Å²) in [5, 5.41) is 7.57. The lowest BCUT2D eigenvalue weighted by Gasteiger charge is -2.18. The van der Waals surface area contributed by atoms with E-state index in [2.05, 4.69) is 11.5 Å². The number of carbonyl (C=O) groups is 3. The van der Waals surface area contributed by atoms with Crippen molar-refractivity contribution in [1.82, 2.24) is 4.90 Å². The standard InChI is InChI=1S/C12H17NO.C5H8O2.C2H6O.CH4N2O/c1-4-13(5-2)12(14)11-8-6-7-10(3)9-11;6-4-5-2-1-3-7-5;1-2-3;2-1(3)4/h6-9H,4-5H2,1-3H3;4-5H,1-3H2;3H,2H2,1H3;(H4,2,3,4). The van der Waals surface area contributed by atoms with E-state index in [9.17, 15) is 9.59 Å². The molecule has 5 N–H and O–H groups in total. The van der Waals surface area contributed by atoms with Crippen molar-refractivity contribution >= 4 is 18.2 Å². The number of urea groups is 1. The molecule has 0 saturated carbocycles. The summed E-state index contributed by atoms with van der Waals surface area (Å²) < 4.78 is 4.93. The van der Waals surface area contributed by atoms with Crippen LogP contribution < -0.4 is 11.5 Å². The number of hydrogen-bond acceptors (Lipinski definition) is 5. The van der Waals surface area contributed by atoms with Crippen molar-refractivity contribution in [3.05, 3.63) is 35.4 Å². The summed E-state index contributed by atoms with van der Waals surface area (Å²) in [6, 6.07) is 6.89. The summed E-state index contributed by atoms with van der Waals surface area (Å²) in [5.41, 5.74) is 10.4. The van der Waals surface area contributed by atoms with Gasteiger partial charge in [0.1, 0.15) is 12.4 Å². The first-order valence-corrected chi connectivity index (χ1v) is 9.35. The number of hydrogen-bond donors (Lipinski definition) is 3. The van der Waals surface area contributed by atoms with Crippen LogP contribution in [0.2, 0.25) is 0 Å². The lowest BCUT2D eigenvalue weighted by atomic mass is 10.1. The molecule has 0 bridgehead atoms. The Morgan fingerprint density at radius 3 is 2.11 bits per heavy atom. The minimum absolute atomic E-state index is 0.0833. The maximum absolute atomic E-state index is 11.9. The summed E-state index contributed by atoms with van der Waals surface area (Å²) in [5.74, 6) is 0.124. The van der Waals surface area contributed by atoms with Crippen molar-refractivity contribution in [2.24, 2.45) is 11.5 Å². The van der Waals surface area contributed by atoms with Crippen LogP contribution in [0.1, 0.15) is 49.5 Å². The van der Waals surface area contributed by atoms with Gasteiger partial charge >= 0.3 is 6.03 Å². The number of rotatable bonds is 4. The predicted octanol–water partition coefficient (Wildman–Crippen LogP) is 1.86. The van der Waals surface area contributed by atoms with Gasteiger partial charge in [-0.2, -0.15) is 0 Å². The highest BCUT2D eigenvalue weighted by molar-refractivity contribution is 5.94. The van der Waals surface area contributed by atoms with E-state index in [0.717, 1.165) is 50.0 Å². The van der Waals surface area contributed by atoms with E-state index in [4.69, 9.17) is 14.6 Å². The molecule has 8 nitrogen and oxygen atoms in total. The van der Waals surface area contributed by atoms with Gasteiger partial charge in [0.15, 0.2) is 0 Å². The SMILES string of the molecule is CCN(CC)C(=O)c1cccc(C)c1.CCO.NC(N)=O.O=CC1CCCO1. The third-order valence-electron chi connectivity index (χ3n) is 3.43. The zero-order valence-electron chi connectivity index (χ0n) is 17.4. The highest BCUT2D eigenvalue weighted by atomic mass is 16.5. The van der Waals surface area contributed by atoms with E-state index in [1.54, 1.807) is 6.92 Å². The molecular weight excluding hydrogens is 362 g/mol. The van der Waals surface area contributed by atoms with Crippen molar-refractivity contribution in [3.8, 4) is 0 Å². The first kappa shape index (κ1) is 27.8. The quantitative estimate of drug-likeness (QED) is 0.666. The number of nitrogens with zero attached hydrogens (tertiary/aromatic N) is 1. The van der Waals surface area contributed by atoms with Gasteiger partial charge in [-0.05, 0) is 52.7 Å². The molecule has 160 valence electrons. The molecule has 28 heavy (non-hydrogen) atoms. The third kappa shape index (κ3) is 14.7. The normalized spacial score (nSPS) is 14.1. The average molecular weight is 398 g/mol. The van der Waals surface area contributed by atoms with Gasteiger partial charge in [-0.3, -0.25) is 4.79 Å². The Morgan fingerprint density at radius 1 is 1.25 bits per heavy atom. The van der Waals surface area contributed by atoms with Gasteiger partial charge in [0.25, 0.3) is 5.91 Å². The van der Waals surface area contributed by atoms with Crippen molar-refractivity contribution in [2.45, 2.75) is 46.6 Å². The lowest BCUT2D eigenvalue weighted by Crippen LogP contribution is -2.30. The number of aliphatic hydroxyl groups is 1. The maximum Gasteiger partial charge on any atom is 0.309 e. The number of aliphatic hydroxyl groups excluding tert-OH is 1. The Kier molecular flexibility index (Phi) is 17.8. The van der Waals surface area contributed by atoms with Crippen LogP contribution in [0.4, 0.5) is 4.79 Å². The maximum atomic E-state index is 11.9. The number of ether oxygens (including phenoxy) is 1. The van der Waals surface area contributed by atoms with Crippen molar-refractivity contribution in [2.75, 3.05) is 26.3 Å². The Labute approximate surface area is 167 Å². The van der Waals surface area contributed by atoms with Crippen molar-refractivity contribution in [1.29, 1.82) is 0 Å². The fourth-order valence-electron chi connectivity index (χ4n) is 2.18. The second-order valence-corrected chi connectivity index (χ2v) is 5.75. The molecule has 0 radical (unpaired) electrons. The Morgan fingerprint density at radius 2 is 1.79 bits per heavy atom. The summed E-state index contributed by atoms with van der Waals surface area (Å²) in [6.45, 7) is 10.2. The number of primary amides is 2. The minimum Gasteiger partial charge on any atom is -0.397 e. The fraction of sp³-hybridized carbons (Fsp3) is 0.550. The topological polar surface area (TPSA) is 136 Å². The molecule has 1 heterocycles. The molecule has 1 aliphatic rings. The molecule has 1 saturated heterocycles. The molecule has 1 aliphatic heterocycles. The van der Waals surface area contributed by atoms with Gasteiger partial charge in [-0.15, -0.1) is 0 Å². The monoisotopic (exact) mass is 397 g/mol. The van der Waals surface area contributed by atoms with E-state index in [1.807, 2.05) is 49.9 Å². The Hall–Kier alpha value is -2.45. The minimum atomic E-state index is -0.833. The second kappa shape index (κ2) is 17.9. The van der Waals surface area contributed by atoms with Crippen molar-refractivity contribution < 1.29 is 24.2 Å². The van der Waals surface area contributed by atoms with Crippen LogP contribution in [0.15, 0.2) is 24.3 Å². The van der Waals surface area contributed by atoms with Gasteiger partial charge in [0.2, 0.25) is 0 Å². The largest absolute Gasteiger partial charge is 0.397 e. The van der Waals surface area contributed by atoms with Gasteiger partial charge in [-0.1, -0.05) is 17.7 Å². The van der Waals surface area contributed by atoms with Gasteiger partial charge in [0, 0.05) is 31.9 Å². The molecule has 1 atom stereocenters. The smallest absolute Gasteiger partial charge is 0.309 e. The zero-order valence-corrected chi connectivity index (χ0v) is 17.4. The molecule has 1 fully saturated rings. The molecule has 0 spiro atoms. The summed E-state index contributed by atoms with van der Waals surface area (Å²) in [6.07, 6.45) is 2.75. The highest BCUT2D eigenvalue weighted by Gasteiger charge is 2.12. The average Bonchev–Trinajstić information content (AvgIpc) is 3.17. The van der Waals surface area contributed by atoms with Crippen LogP contribution in [0.5, 0.6) is 0 Å². The van der Waals surface area contributed by atoms with Gasteiger partial charge in [-0.25, -0.2) is 4.79 Å². The van der Waals surface area contributed by atoms with Crippen LogP contribution in [0.25, 0.3) is 0 Å². The van der Waals surface area contributed by atoms with E-state index < -0.39 is 6.03 Å². The second-order valence-electron chi connectivity index (χ2n) is 5.75. The first-order valence-electron chi connectivity index (χ1n) is 9.35. The predicted molar refractivity (Wildman–Crippen MR) is 110 cm³/mol. The highest BCUT2D eigenvalue weighted by Crippen LogP contribution is 2.08. The number of aryl methyl sites for hydroxylation is 1. The third-order valence-corrected chi connectivity index (χ3v) is 3.43. The number of carbonyl (C=O) groups excluding carboxylic acids is 3. The number of benzene rings is 1. The van der Waals surface area contributed by atoms with Crippen LogP contribution in [0.3, 0.4) is 0 Å². The Balaban J connectivity index is 0. The van der Waals surface area contributed by atoms with Crippen molar-refractivity contribution in [3.63, 3.8) is 0 Å². The molecule has 1 aromatic rings. The van der Waals surface area contributed by atoms with E-state index >= 15 is 0 Å². The zero-order chi connectivity index (χ0) is 21.9. The molecular formula is C20H35N3O5. The Bertz CT molecular complexity index is 553. The summed E-state index contributed by atoms with van der Waals surface area (Å²) >= 11 is 0. The summed E-state index contributed by atoms with van der Waals surface area (Å²) in [4.78, 5) is 32.6. The molecule has 3 amide bonds. The molecule has 0 aliphatic carbocycles. The van der Waals surface area contributed by atoms with Crippen LogP contribution in [-0.2, 0) is 9.53 Å². The van der Waals surface area contributed by atoms with Crippen LogP contribution in [-0.4, -0.2) is 60.6 Å². The molecule has 1 aromatic carbocycles. The molecule has 8 heteroatoms. The molecule has 2 rings (SSSR count). The molecule has 0 aromatic heterocycles. The lowest BCUT2D eigenvalue weighted by molar-refractivity contribution is -0.115. The van der Waals surface area contributed by atoms with Crippen LogP contribution >= 0.6 is 0 Å². The number of aldehydes is 1. The van der Waals surface area contributed by atoms with E-state index in [-0.39, 0.29) is 18.6 Å². The number of amides is 3. The summed E-state index contributed by atoms with van der Waals surface area (Å²) in [7, 11) is 0. The van der Waals surface area contributed by atoms with E-state index in [1.165, 1.54) is 0 Å². The number of nitrogens with two attached hydrogens (primary N) is 2. The molecule has 1 unspecified atom stereocenters. The van der Waals surface area contributed by atoms with Gasteiger partial charge < -0.3 is 31.0 Å². The van der Waals surface area contributed by atoms with Gasteiger partial charge in [0.05, 0.1) is 0 Å². The van der Waals surface area contributed by atoms with E-state index in [0.29, 0.717) is 0 Å². The van der Waals surface area contributed by atoms with Crippen LogP contribution in [0, 0.1) is 6.92 Å².